The number of piperazine rings is 2. The molecule has 8 aliphatic heterocycles. The number of fused-ring (bicyclic) bond motifs is 4. The Bertz CT molecular complexity index is 938. The predicted molar refractivity (Wildman–Crippen MR) is 224 cm³/mol. The smallest absolute Gasteiger partial charge is 0.0224 e. The van der Waals surface area contributed by atoms with Gasteiger partial charge in [-0.05, 0) is 159 Å². The molecule has 0 aromatic heterocycles. The van der Waals surface area contributed by atoms with Crippen molar-refractivity contribution in [2.75, 3.05) is 105 Å². The fourth-order valence-corrected chi connectivity index (χ4v) is 10.7. The van der Waals surface area contributed by atoms with Crippen molar-refractivity contribution >= 4 is 0 Å². The standard InChI is InChI=1S/C12H24N2.2C11H22N2.C10H20N2/c1-11(2)13-8-6-12-5-3-4-7-14(12)10-9-13;1-10(2)12-7-5-11-4-3-6-13(11)9-8-12;1-10(2)13-8-7-12-6-4-3-5-11(12)9-13;1-9(2)12-7-6-11-5-3-4-10(11)8-12/h11-12H,3-10H2,1-2H3;2*10-11H,3-9H2,1-2H3;9-10H,3-8H2,1-2H3. The van der Waals surface area contributed by atoms with Crippen molar-refractivity contribution in [3.63, 3.8) is 0 Å². The summed E-state index contributed by atoms with van der Waals surface area (Å²) < 4.78 is 0. The van der Waals surface area contributed by atoms with E-state index in [1.165, 1.54) is 182 Å². The van der Waals surface area contributed by atoms with Crippen LogP contribution in [0.4, 0.5) is 0 Å². The molecule has 8 heteroatoms. The molecule has 0 aliphatic carbocycles. The lowest BCUT2D eigenvalue weighted by molar-refractivity contribution is 0.0348. The zero-order valence-electron chi connectivity index (χ0n) is 36.0. The molecule has 0 N–H and O–H groups in total. The molecule has 0 saturated carbocycles. The van der Waals surface area contributed by atoms with Gasteiger partial charge in [-0.25, -0.2) is 0 Å². The van der Waals surface area contributed by atoms with E-state index in [2.05, 4.69) is 94.6 Å². The van der Waals surface area contributed by atoms with Crippen LogP contribution in [0.2, 0.25) is 0 Å². The molecule has 8 rings (SSSR count). The van der Waals surface area contributed by atoms with Crippen molar-refractivity contribution in [1.29, 1.82) is 0 Å². The molecular weight excluding hydrogens is 641 g/mol. The van der Waals surface area contributed by atoms with E-state index < -0.39 is 0 Å². The van der Waals surface area contributed by atoms with Crippen molar-refractivity contribution < 1.29 is 0 Å². The molecule has 8 saturated heterocycles. The van der Waals surface area contributed by atoms with Crippen LogP contribution in [0.5, 0.6) is 0 Å². The second kappa shape index (κ2) is 21.8. The first-order chi connectivity index (χ1) is 25.1. The van der Waals surface area contributed by atoms with E-state index in [0.29, 0.717) is 0 Å². The molecule has 304 valence electrons. The second-order valence-corrected chi connectivity index (χ2v) is 19.0. The highest BCUT2D eigenvalue weighted by molar-refractivity contribution is 4.89. The summed E-state index contributed by atoms with van der Waals surface area (Å²) in [4.78, 5) is 21.3. The van der Waals surface area contributed by atoms with Gasteiger partial charge in [-0.2, -0.15) is 0 Å². The van der Waals surface area contributed by atoms with E-state index >= 15 is 0 Å². The molecule has 52 heavy (non-hydrogen) atoms. The van der Waals surface area contributed by atoms with Crippen LogP contribution in [-0.4, -0.2) is 192 Å². The van der Waals surface area contributed by atoms with Gasteiger partial charge < -0.3 is 0 Å². The Morgan fingerprint density at radius 1 is 0.269 bits per heavy atom. The molecule has 4 unspecified atom stereocenters. The summed E-state index contributed by atoms with van der Waals surface area (Å²) in [6, 6.07) is 6.55. The molecule has 4 atom stereocenters. The van der Waals surface area contributed by atoms with Crippen LogP contribution in [0.15, 0.2) is 0 Å². The number of hydrogen-bond acceptors (Lipinski definition) is 8. The monoisotopic (exact) mass is 729 g/mol. The first kappa shape index (κ1) is 42.8. The molecule has 8 fully saturated rings. The van der Waals surface area contributed by atoms with E-state index in [-0.39, 0.29) is 0 Å². The molecule has 0 amide bonds. The van der Waals surface area contributed by atoms with Crippen LogP contribution in [0.25, 0.3) is 0 Å². The molecule has 0 spiro atoms. The van der Waals surface area contributed by atoms with Crippen molar-refractivity contribution in [3.05, 3.63) is 0 Å². The lowest BCUT2D eigenvalue weighted by atomic mass is 9.99. The Balaban J connectivity index is 0.000000134. The normalized spacial score (nSPS) is 32.1. The van der Waals surface area contributed by atoms with Gasteiger partial charge in [0.05, 0.1) is 0 Å². The van der Waals surface area contributed by atoms with Gasteiger partial charge in [0, 0.05) is 114 Å². The average molecular weight is 729 g/mol. The van der Waals surface area contributed by atoms with Crippen molar-refractivity contribution in [1.82, 2.24) is 39.2 Å². The minimum atomic E-state index is 0.733. The van der Waals surface area contributed by atoms with Crippen LogP contribution in [0.1, 0.15) is 132 Å². The zero-order chi connectivity index (χ0) is 37.0. The molecule has 0 radical (unpaired) electrons. The summed E-state index contributed by atoms with van der Waals surface area (Å²) in [5, 5.41) is 0. The van der Waals surface area contributed by atoms with E-state index in [1.54, 1.807) is 0 Å². The van der Waals surface area contributed by atoms with Crippen LogP contribution in [0, 0.1) is 0 Å². The summed E-state index contributed by atoms with van der Waals surface area (Å²) in [5.74, 6) is 0. The summed E-state index contributed by atoms with van der Waals surface area (Å²) in [6.07, 6.45) is 17.2. The van der Waals surface area contributed by atoms with Crippen molar-refractivity contribution in [3.8, 4) is 0 Å². The van der Waals surface area contributed by atoms with E-state index in [1.807, 2.05) is 0 Å². The highest BCUT2D eigenvalue weighted by atomic mass is 15.3. The minimum Gasteiger partial charge on any atom is -0.300 e. The Labute approximate surface area is 323 Å². The quantitative estimate of drug-likeness (QED) is 0.335. The van der Waals surface area contributed by atoms with Crippen molar-refractivity contribution in [2.45, 2.75) is 181 Å². The maximum absolute atomic E-state index is 2.73. The fourth-order valence-electron chi connectivity index (χ4n) is 10.7. The third-order valence-corrected chi connectivity index (χ3v) is 14.5. The van der Waals surface area contributed by atoms with Crippen LogP contribution < -0.4 is 0 Å². The molecule has 0 aromatic rings. The zero-order valence-corrected chi connectivity index (χ0v) is 36.0. The van der Waals surface area contributed by atoms with Gasteiger partial charge >= 0.3 is 0 Å². The van der Waals surface area contributed by atoms with Gasteiger partial charge in [-0.3, -0.25) is 39.2 Å². The second-order valence-electron chi connectivity index (χ2n) is 19.0. The maximum Gasteiger partial charge on any atom is 0.0224 e. The average Bonchev–Trinajstić information content (AvgIpc) is 3.69. The minimum absolute atomic E-state index is 0.733. The Morgan fingerprint density at radius 3 is 0.981 bits per heavy atom. The van der Waals surface area contributed by atoms with Gasteiger partial charge in [0.15, 0.2) is 0 Å². The first-order valence-electron chi connectivity index (χ1n) is 23.0. The Hall–Kier alpha value is -0.320. The van der Waals surface area contributed by atoms with Gasteiger partial charge in [0.1, 0.15) is 0 Å². The third-order valence-electron chi connectivity index (χ3n) is 14.5. The lowest BCUT2D eigenvalue weighted by Crippen LogP contribution is -2.56. The summed E-state index contributed by atoms with van der Waals surface area (Å²) in [6.45, 7) is 39.6. The van der Waals surface area contributed by atoms with Gasteiger partial charge in [0.25, 0.3) is 0 Å². The molecule has 0 aromatic carbocycles. The molecule has 0 bridgehead atoms. The SMILES string of the molecule is CC(C)N1CCC2CCCCN2CC1.CC(C)N1CCC2CCCN2CC1.CC(C)N1CCN2CCCC2C1.CC(C)N1CCN2CCCCC2C1. The molecule has 8 aliphatic rings. The van der Waals surface area contributed by atoms with Gasteiger partial charge in [0.2, 0.25) is 0 Å². The summed E-state index contributed by atoms with van der Waals surface area (Å²) >= 11 is 0. The molecule has 8 nitrogen and oxygen atoms in total. The number of rotatable bonds is 4. The van der Waals surface area contributed by atoms with Gasteiger partial charge in [-0.1, -0.05) is 12.8 Å². The summed E-state index contributed by atoms with van der Waals surface area (Å²) in [7, 11) is 0. The van der Waals surface area contributed by atoms with E-state index in [9.17, 15) is 0 Å². The maximum atomic E-state index is 2.73. The van der Waals surface area contributed by atoms with Crippen LogP contribution >= 0.6 is 0 Å². The molecular formula is C44H88N8. The number of piperidine rings is 2. The topological polar surface area (TPSA) is 25.9 Å². The van der Waals surface area contributed by atoms with Crippen LogP contribution in [-0.2, 0) is 0 Å². The summed E-state index contributed by atoms with van der Waals surface area (Å²) in [5.41, 5.74) is 0. The first-order valence-corrected chi connectivity index (χ1v) is 23.0. The lowest BCUT2D eigenvalue weighted by Gasteiger charge is -2.45. The van der Waals surface area contributed by atoms with E-state index in [4.69, 9.17) is 0 Å². The Morgan fingerprint density at radius 2 is 0.577 bits per heavy atom. The van der Waals surface area contributed by atoms with Crippen molar-refractivity contribution in [2.24, 2.45) is 0 Å². The third kappa shape index (κ3) is 12.9. The fraction of sp³-hybridized carbons (Fsp3) is 1.00. The predicted octanol–water partition coefficient (Wildman–Crippen LogP) is 6.26. The number of nitrogens with zero attached hydrogens (tertiary/aromatic N) is 8. The highest BCUT2D eigenvalue weighted by Crippen LogP contribution is 2.25. The number of hydrogen-bond donors (Lipinski definition) is 0. The largest absolute Gasteiger partial charge is 0.300 e. The van der Waals surface area contributed by atoms with Crippen LogP contribution in [0.3, 0.4) is 0 Å². The molecule has 8 heterocycles. The Kier molecular flexibility index (Phi) is 18.0. The van der Waals surface area contributed by atoms with Gasteiger partial charge in [-0.15, -0.1) is 0 Å². The highest BCUT2D eigenvalue weighted by Gasteiger charge is 2.32. The van der Waals surface area contributed by atoms with E-state index in [0.717, 1.165) is 48.3 Å².